The van der Waals surface area contributed by atoms with Crippen molar-refractivity contribution in [2.75, 3.05) is 0 Å². The number of aryl methyl sites for hydroxylation is 2. The number of hydrogen-bond acceptors (Lipinski definition) is 3. The summed E-state index contributed by atoms with van der Waals surface area (Å²) in [6, 6.07) is 15.2. The summed E-state index contributed by atoms with van der Waals surface area (Å²) in [6.45, 7) is 1.07. The minimum absolute atomic E-state index is 0.0853. The molecule has 0 aliphatic carbocycles. The topological polar surface area (TPSA) is 38.9 Å². The van der Waals surface area contributed by atoms with Gasteiger partial charge in [-0.2, -0.15) is 8.78 Å². The van der Waals surface area contributed by atoms with Crippen molar-refractivity contribution in [3.63, 3.8) is 0 Å². The highest BCUT2D eigenvalue weighted by Crippen LogP contribution is 2.40. The van der Waals surface area contributed by atoms with Crippen molar-refractivity contribution in [3.8, 4) is 11.3 Å². The Hall–Kier alpha value is -3.38. The van der Waals surface area contributed by atoms with Gasteiger partial charge in [0.15, 0.2) is 0 Å². The predicted octanol–water partition coefficient (Wildman–Crippen LogP) is 7.35. The van der Waals surface area contributed by atoms with Crippen molar-refractivity contribution in [1.29, 1.82) is 0 Å². The molecule has 0 amide bonds. The first-order valence-electron chi connectivity index (χ1n) is 13.8. The van der Waals surface area contributed by atoms with Gasteiger partial charge >= 0.3 is 0 Å². The van der Waals surface area contributed by atoms with Crippen molar-refractivity contribution in [1.82, 2.24) is 9.97 Å². The van der Waals surface area contributed by atoms with Crippen LogP contribution in [0.15, 0.2) is 71.3 Å². The van der Waals surface area contributed by atoms with Gasteiger partial charge in [0.25, 0.3) is 5.92 Å². The van der Waals surface area contributed by atoms with Gasteiger partial charge in [0.2, 0.25) is 5.71 Å². The maximum absolute atomic E-state index is 16.1. The highest BCUT2D eigenvalue weighted by atomic mass is 28.3. The number of halogens is 2. The first-order valence-corrected chi connectivity index (χ1v) is 14.3. The van der Waals surface area contributed by atoms with Crippen LogP contribution in [0.2, 0.25) is 19.6 Å². The molecule has 5 aromatic rings. The zero-order valence-corrected chi connectivity index (χ0v) is 19.9. The lowest BCUT2D eigenvalue weighted by Crippen LogP contribution is -2.37. The van der Waals surface area contributed by atoms with Crippen molar-refractivity contribution in [3.05, 3.63) is 89.2 Å². The standard InChI is InChI=1S/C28H26F2N2OSi/c1-17-16-31-25(15-24(17)28(29,30)19-10-12-20(13-11-19)34(3,4)5)23-8-6-7-21-22-14-9-18(2)32-27(22)33-26(21)23/h6-16H,1-5H3/i1D3,2D3. The molecule has 0 saturated carbocycles. The largest absolute Gasteiger partial charge is 0.437 e. The molecule has 0 saturated heterocycles. The third-order valence-electron chi connectivity index (χ3n) is 6.00. The van der Waals surface area contributed by atoms with Crippen molar-refractivity contribution in [2.45, 2.75) is 39.3 Å². The van der Waals surface area contributed by atoms with E-state index in [1.54, 1.807) is 36.4 Å². The number of alkyl halides is 2. The van der Waals surface area contributed by atoms with Crippen LogP contribution in [0, 0.1) is 13.7 Å². The fourth-order valence-electron chi connectivity index (χ4n) is 4.08. The third-order valence-corrected chi connectivity index (χ3v) is 8.06. The van der Waals surface area contributed by atoms with Gasteiger partial charge in [0.1, 0.15) is 5.58 Å². The molecule has 3 nitrogen and oxygen atoms in total. The van der Waals surface area contributed by atoms with E-state index in [0.717, 1.165) is 17.4 Å². The molecule has 0 radical (unpaired) electrons. The van der Waals surface area contributed by atoms with E-state index < -0.39 is 38.8 Å². The maximum Gasteiger partial charge on any atom is 0.298 e. The van der Waals surface area contributed by atoms with Crippen LogP contribution in [-0.4, -0.2) is 18.0 Å². The molecule has 0 aliphatic rings. The van der Waals surface area contributed by atoms with E-state index in [2.05, 4.69) is 29.6 Å². The Morgan fingerprint density at radius 1 is 0.941 bits per heavy atom. The summed E-state index contributed by atoms with van der Waals surface area (Å²) in [7, 11) is -1.73. The zero-order valence-electron chi connectivity index (χ0n) is 24.9. The Kier molecular flexibility index (Phi) is 3.75. The van der Waals surface area contributed by atoms with E-state index in [9.17, 15) is 0 Å². The fourth-order valence-corrected chi connectivity index (χ4v) is 5.24. The van der Waals surface area contributed by atoms with Gasteiger partial charge in [0.05, 0.1) is 13.8 Å². The van der Waals surface area contributed by atoms with Crippen LogP contribution in [0.5, 0.6) is 0 Å². The van der Waals surface area contributed by atoms with E-state index in [1.807, 2.05) is 0 Å². The maximum atomic E-state index is 16.1. The predicted molar refractivity (Wildman–Crippen MR) is 137 cm³/mol. The summed E-state index contributed by atoms with van der Waals surface area (Å²) in [6.07, 6.45) is 0.967. The average Bonchev–Trinajstić information content (AvgIpc) is 3.25. The second-order valence-corrected chi connectivity index (χ2v) is 14.4. The Morgan fingerprint density at radius 2 is 1.74 bits per heavy atom. The Bertz CT molecular complexity index is 1740. The molecule has 0 fully saturated rings. The zero-order chi connectivity index (χ0) is 29.3. The highest BCUT2D eigenvalue weighted by Gasteiger charge is 2.36. The third kappa shape index (κ3) is 3.72. The van der Waals surface area contributed by atoms with E-state index in [1.165, 1.54) is 18.2 Å². The summed E-state index contributed by atoms with van der Waals surface area (Å²) < 4.78 is 84.7. The van der Waals surface area contributed by atoms with E-state index in [4.69, 9.17) is 12.6 Å². The summed E-state index contributed by atoms with van der Waals surface area (Å²) in [5.41, 5.74) is -0.885. The van der Waals surface area contributed by atoms with Crippen LogP contribution in [0.4, 0.5) is 8.78 Å². The number of rotatable bonds is 4. The molecule has 2 aromatic carbocycles. The Balaban J connectivity index is 1.69. The summed E-state index contributed by atoms with van der Waals surface area (Å²) >= 11 is 0. The second kappa shape index (κ2) is 7.84. The quantitative estimate of drug-likeness (QED) is 0.254. The average molecular weight is 479 g/mol. The lowest BCUT2D eigenvalue weighted by molar-refractivity contribution is 0.0421. The normalized spacial score (nSPS) is 15.9. The fraction of sp³-hybridized carbons (Fsp3) is 0.214. The van der Waals surface area contributed by atoms with Crippen LogP contribution in [0.3, 0.4) is 0 Å². The first-order chi connectivity index (χ1) is 18.5. The van der Waals surface area contributed by atoms with Gasteiger partial charge in [-0.25, -0.2) is 4.98 Å². The molecular weight excluding hydrogens is 446 g/mol. The van der Waals surface area contributed by atoms with Crippen LogP contribution < -0.4 is 5.19 Å². The number of aromatic nitrogens is 2. The molecule has 3 aromatic heterocycles. The second-order valence-electron chi connectivity index (χ2n) is 9.35. The molecule has 0 unspecified atom stereocenters. The summed E-state index contributed by atoms with van der Waals surface area (Å²) in [5, 5.41) is 2.15. The SMILES string of the molecule is [2H]C([2H])([2H])c1ccc2c(n1)oc1c(-c3cc(C(F)(F)c4ccc([Si](C)(C)C)cc4)c(C([2H])([2H])[2H])cn3)cccc12. The lowest BCUT2D eigenvalue weighted by atomic mass is 9.95. The minimum Gasteiger partial charge on any atom is -0.437 e. The number of fused-ring (bicyclic) bond motifs is 3. The van der Waals surface area contributed by atoms with Gasteiger partial charge in [0, 0.05) is 47.6 Å². The monoisotopic (exact) mass is 478 g/mol. The number of hydrogen-bond donors (Lipinski definition) is 0. The molecule has 172 valence electrons. The lowest BCUT2D eigenvalue weighted by Gasteiger charge is -2.22. The van der Waals surface area contributed by atoms with Crippen LogP contribution in [-0.2, 0) is 5.92 Å². The minimum atomic E-state index is -3.63. The van der Waals surface area contributed by atoms with E-state index in [-0.39, 0.29) is 28.2 Å². The summed E-state index contributed by atoms with van der Waals surface area (Å²) in [4.78, 5) is 8.39. The smallest absolute Gasteiger partial charge is 0.298 e. The number of pyridine rings is 2. The van der Waals surface area contributed by atoms with Gasteiger partial charge in [-0.1, -0.05) is 61.2 Å². The number of nitrogens with zero attached hydrogens (tertiary/aromatic N) is 2. The first kappa shape index (κ1) is 16.3. The summed E-state index contributed by atoms with van der Waals surface area (Å²) in [5.74, 6) is -3.63. The van der Waals surface area contributed by atoms with Gasteiger partial charge in [-0.05, 0) is 43.5 Å². The molecule has 5 rings (SSSR count). The number of furan rings is 1. The van der Waals surface area contributed by atoms with Crippen molar-refractivity contribution >= 4 is 35.3 Å². The number of benzene rings is 2. The molecule has 0 aliphatic heterocycles. The van der Waals surface area contributed by atoms with Crippen LogP contribution in [0.25, 0.3) is 33.3 Å². The van der Waals surface area contributed by atoms with Gasteiger partial charge in [-0.15, -0.1) is 0 Å². The molecule has 0 spiro atoms. The van der Waals surface area contributed by atoms with Gasteiger partial charge in [-0.3, -0.25) is 4.98 Å². The van der Waals surface area contributed by atoms with Crippen molar-refractivity contribution in [2.24, 2.45) is 0 Å². The Labute approximate surface area is 206 Å². The molecule has 3 heterocycles. The van der Waals surface area contributed by atoms with E-state index >= 15 is 8.78 Å². The van der Waals surface area contributed by atoms with Crippen LogP contribution >= 0.6 is 0 Å². The Morgan fingerprint density at radius 3 is 2.44 bits per heavy atom. The highest BCUT2D eigenvalue weighted by molar-refractivity contribution is 6.88. The number of para-hydroxylation sites is 1. The van der Waals surface area contributed by atoms with Gasteiger partial charge < -0.3 is 4.42 Å². The van der Waals surface area contributed by atoms with Crippen molar-refractivity contribution < 1.29 is 21.4 Å². The van der Waals surface area contributed by atoms with Crippen LogP contribution in [0.1, 0.15) is 30.6 Å². The van der Waals surface area contributed by atoms with E-state index in [0.29, 0.717) is 16.3 Å². The molecule has 34 heavy (non-hydrogen) atoms. The molecule has 0 atom stereocenters. The molecule has 6 heteroatoms. The molecule has 0 bridgehead atoms. The molecule has 0 N–H and O–H groups in total. The molecular formula is C28H26F2N2OSi.